The van der Waals surface area contributed by atoms with Crippen LogP contribution in [0.25, 0.3) is 0 Å². The molecule has 11 heteroatoms. The zero-order valence-electron chi connectivity index (χ0n) is 12.7. The molecule has 0 bridgehead atoms. The molecule has 1 aliphatic rings. The summed E-state index contributed by atoms with van der Waals surface area (Å²) in [5.41, 5.74) is 0.252. The van der Waals surface area contributed by atoms with Gasteiger partial charge < -0.3 is 9.47 Å². The summed E-state index contributed by atoms with van der Waals surface area (Å²) in [7, 11) is -3.96. The molecule has 0 radical (unpaired) electrons. The molecule has 1 aromatic carbocycles. The molecular formula is C14H14F3N3O4S. The highest BCUT2D eigenvalue weighted by molar-refractivity contribution is 7.92. The molecule has 2 heterocycles. The standard InChI is InChI=1S/C14H14F3N3O4S/c15-14(16,17)24-12-1-3-13(4-2-12)25(21,22)19-10-7-18-20(8-10)11-5-6-23-9-11/h1-4,7-8,11,19H,5-6,9H2/t11-/m0/s1. The normalized spacial score (nSPS) is 18.3. The second-order valence-electron chi connectivity index (χ2n) is 5.35. The molecule has 0 amide bonds. The highest BCUT2D eigenvalue weighted by Gasteiger charge is 2.31. The molecule has 2 aromatic rings. The van der Waals surface area contributed by atoms with Crippen LogP contribution in [0, 0.1) is 0 Å². The summed E-state index contributed by atoms with van der Waals surface area (Å²) in [5.74, 6) is -0.500. The van der Waals surface area contributed by atoms with Gasteiger partial charge in [0.2, 0.25) is 0 Å². The van der Waals surface area contributed by atoms with Gasteiger partial charge in [-0.15, -0.1) is 13.2 Å². The van der Waals surface area contributed by atoms with Crippen molar-refractivity contribution in [2.45, 2.75) is 23.7 Å². The van der Waals surface area contributed by atoms with E-state index in [4.69, 9.17) is 4.74 Å². The van der Waals surface area contributed by atoms with Crippen molar-refractivity contribution < 1.29 is 31.1 Å². The summed E-state index contributed by atoms with van der Waals surface area (Å²) in [6, 6.07) is 3.97. The molecular weight excluding hydrogens is 363 g/mol. The van der Waals surface area contributed by atoms with Crippen LogP contribution in [0.5, 0.6) is 5.75 Å². The first-order chi connectivity index (χ1) is 11.7. The maximum absolute atomic E-state index is 12.3. The fourth-order valence-electron chi connectivity index (χ4n) is 2.36. The average molecular weight is 377 g/mol. The first kappa shape index (κ1) is 17.5. The minimum absolute atomic E-state index is 0.0528. The zero-order valence-corrected chi connectivity index (χ0v) is 13.5. The van der Waals surface area contributed by atoms with Crippen LogP contribution in [0.2, 0.25) is 0 Å². The molecule has 0 aliphatic carbocycles. The van der Waals surface area contributed by atoms with Crippen molar-refractivity contribution in [1.29, 1.82) is 0 Å². The number of benzene rings is 1. The van der Waals surface area contributed by atoms with Crippen molar-refractivity contribution in [3.63, 3.8) is 0 Å². The molecule has 0 unspecified atom stereocenters. The molecule has 1 saturated heterocycles. The Kier molecular flexibility index (Phi) is 4.60. The summed E-state index contributed by atoms with van der Waals surface area (Å²) in [6.07, 6.45) is -1.15. The molecule has 25 heavy (non-hydrogen) atoms. The molecule has 1 atom stereocenters. The first-order valence-electron chi connectivity index (χ1n) is 7.23. The van der Waals surface area contributed by atoms with E-state index in [1.807, 2.05) is 0 Å². The number of hydrogen-bond donors (Lipinski definition) is 1. The third-order valence-corrected chi connectivity index (χ3v) is 4.90. The van der Waals surface area contributed by atoms with E-state index in [2.05, 4.69) is 14.6 Å². The molecule has 136 valence electrons. The molecule has 1 N–H and O–H groups in total. The molecule has 1 aromatic heterocycles. The lowest BCUT2D eigenvalue weighted by Crippen LogP contribution is -2.17. The van der Waals surface area contributed by atoms with Gasteiger partial charge in [-0.25, -0.2) is 8.42 Å². The number of nitrogens with one attached hydrogen (secondary N) is 1. The van der Waals surface area contributed by atoms with Crippen molar-refractivity contribution in [1.82, 2.24) is 9.78 Å². The number of sulfonamides is 1. The number of hydrogen-bond acceptors (Lipinski definition) is 5. The Balaban J connectivity index is 1.71. The maximum Gasteiger partial charge on any atom is 0.573 e. The van der Waals surface area contributed by atoms with Gasteiger partial charge in [0.25, 0.3) is 10.0 Å². The SMILES string of the molecule is O=S(=O)(Nc1cnn([C@H]2CCOC2)c1)c1ccc(OC(F)(F)F)cc1. The Labute approximate surface area is 141 Å². The number of aromatic nitrogens is 2. The highest BCUT2D eigenvalue weighted by Crippen LogP contribution is 2.25. The van der Waals surface area contributed by atoms with Crippen molar-refractivity contribution in [3.8, 4) is 5.75 Å². The minimum atomic E-state index is -4.84. The number of ether oxygens (including phenoxy) is 2. The Morgan fingerprint density at radius 1 is 1.28 bits per heavy atom. The van der Waals surface area contributed by atoms with Gasteiger partial charge >= 0.3 is 6.36 Å². The lowest BCUT2D eigenvalue weighted by atomic mass is 10.3. The lowest BCUT2D eigenvalue weighted by molar-refractivity contribution is -0.274. The molecule has 1 aliphatic heterocycles. The number of nitrogens with zero attached hydrogens (tertiary/aromatic N) is 2. The van der Waals surface area contributed by atoms with Gasteiger partial charge in [-0.3, -0.25) is 9.40 Å². The van der Waals surface area contributed by atoms with Crippen molar-refractivity contribution in [2.75, 3.05) is 17.9 Å². The van der Waals surface area contributed by atoms with Crippen LogP contribution in [-0.4, -0.2) is 37.8 Å². The van der Waals surface area contributed by atoms with E-state index in [9.17, 15) is 21.6 Å². The summed E-state index contributed by atoms with van der Waals surface area (Å²) in [5, 5.41) is 4.10. The van der Waals surface area contributed by atoms with Crippen LogP contribution in [-0.2, 0) is 14.8 Å². The molecule has 3 rings (SSSR count). The van der Waals surface area contributed by atoms with Crippen LogP contribution in [0.1, 0.15) is 12.5 Å². The predicted molar refractivity (Wildman–Crippen MR) is 80.6 cm³/mol. The van der Waals surface area contributed by atoms with Crippen LogP contribution < -0.4 is 9.46 Å². The number of anilines is 1. The van der Waals surface area contributed by atoms with Gasteiger partial charge in [-0.05, 0) is 30.7 Å². The van der Waals surface area contributed by atoms with Gasteiger partial charge in [-0.1, -0.05) is 0 Å². The second kappa shape index (κ2) is 6.56. The number of rotatable bonds is 5. The smallest absolute Gasteiger partial charge is 0.406 e. The van der Waals surface area contributed by atoms with Crippen LogP contribution in [0.3, 0.4) is 0 Å². The number of halogens is 3. The van der Waals surface area contributed by atoms with Crippen molar-refractivity contribution in [3.05, 3.63) is 36.7 Å². The Morgan fingerprint density at radius 2 is 2.00 bits per heavy atom. The van der Waals surface area contributed by atoms with Gasteiger partial charge in [0.15, 0.2) is 0 Å². The quantitative estimate of drug-likeness (QED) is 0.866. The van der Waals surface area contributed by atoms with Gasteiger partial charge in [0, 0.05) is 12.8 Å². The fourth-order valence-corrected chi connectivity index (χ4v) is 3.38. The molecule has 7 nitrogen and oxygen atoms in total. The third-order valence-electron chi connectivity index (χ3n) is 3.50. The fraction of sp³-hybridized carbons (Fsp3) is 0.357. The van der Waals surface area contributed by atoms with E-state index in [1.54, 1.807) is 4.68 Å². The zero-order chi connectivity index (χ0) is 18.1. The van der Waals surface area contributed by atoms with E-state index in [0.717, 1.165) is 30.7 Å². The monoisotopic (exact) mass is 377 g/mol. The Bertz CT molecular complexity index is 828. The highest BCUT2D eigenvalue weighted by atomic mass is 32.2. The Hall–Kier alpha value is -2.27. The number of alkyl halides is 3. The van der Waals surface area contributed by atoms with Crippen LogP contribution >= 0.6 is 0 Å². The van der Waals surface area contributed by atoms with E-state index in [-0.39, 0.29) is 16.6 Å². The van der Waals surface area contributed by atoms with E-state index < -0.39 is 22.1 Å². The van der Waals surface area contributed by atoms with Crippen LogP contribution in [0.4, 0.5) is 18.9 Å². The molecule has 1 fully saturated rings. The van der Waals surface area contributed by atoms with E-state index in [1.165, 1.54) is 12.4 Å². The molecule has 0 saturated carbocycles. The molecule has 0 spiro atoms. The van der Waals surface area contributed by atoms with Crippen molar-refractivity contribution in [2.24, 2.45) is 0 Å². The predicted octanol–water partition coefficient (Wildman–Crippen LogP) is 2.54. The Morgan fingerprint density at radius 3 is 2.60 bits per heavy atom. The summed E-state index contributed by atoms with van der Waals surface area (Å²) < 4.78 is 73.9. The van der Waals surface area contributed by atoms with Gasteiger partial charge in [0.1, 0.15) is 5.75 Å². The van der Waals surface area contributed by atoms with Crippen molar-refractivity contribution >= 4 is 15.7 Å². The van der Waals surface area contributed by atoms with E-state index in [0.29, 0.717) is 13.2 Å². The van der Waals surface area contributed by atoms with Gasteiger partial charge in [0.05, 0.1) is 29.4 Å². The summed E-state index contributed by atoms with van der Waals surface area (Å²) in [6.45, 7) is 1.13. The summed E-state index contributed by atoms with van der Waals surface area (Å²) in [4.78, 5) is -0.195. The minimum Gasteiger partial charge on any atom is -0.406 e. The third kappa shape index (κ3) is 4.42. The van der Waals surface area contributed by atoms with Crippen LogP contribution in [0.15, 0.2) is 41.6 Å². The largest absolute Gasteiger partial charge is 0.573 e. The van der Waals surface area contributed by atoms with E-state index >= 15 is 0 Å². The maximum atomic E-state index is 12.3. The lowest BCUT2D eigenvalue weighted by Gasteiger charge is -2.10. The van der Waals surface area contributed by atoms with Gasteiger partial charge in [-0.2, -0.15) is 5.10 Å². The topological polar surface area (TPSA) is 82.5 Å². The second-order valence-corrected chi connectivity index (χ2v) is 7.03. The first-order valence-corrected chi connectivity index (χ1v) is 8.72. The average Bonchev–Trinajstić information content (AvgIpc) is 3.16. The summed E-state index contributed by atoms with van der Waals surface area (Å²) >= 11 is 0.